The monoisotopic (exact) mass is 1260 g/mol. The average Bonchev–Trinajstić information content (AvgIpc) is 1.08. The molecule has 5 N–H and O–H groups in total. The second-order valence-electron chi connectivity index (χ2n) is 25.4. The number of hydrogen-bond donors (Lipinski definition) is 5. The summed E-state index contributed by atoms with van der Waals surface area (Å²) >= 11 is 0. The maximum Gasteiger partial charge on any atom is 0.326 e. The molecule has 0 saturated carbocycles. The summed E-state index contributed by atoms with van der Waals surface area (Å²) in [5.74, 6) is -0.504. The van der Waals surface area contributed by atoms with Gasteiger partial charge in [0.15, 0.2) is 11.6 Å². The lowest BCUT2D eigenvalue weighted by Gasteiger charge is -2.20. The van der Waals surface area contributed by atoms with Crippen LogP contribution in [0.3, 0.4) is 0 Å². The molecule has 0 saturated heterocycles. The van der Waals surface area contributed by atoms with Crippen molar-refractivity contribution in [1.29, 1.82) is 0 Å². The highest BCUT2D eigenvalue weighted by molar-refractivity contribution is 5.98. The molecule has 0 radical (unpaired) electrons. The molecule has 16 nitrogen and oxygen atoms in total. The van der Waals surface area contributed by atoms with Crippen molar-refractivity contribution >= 4 is 29.7 Å². The number of aromatic nitrogens is 4. The van der Waals surface area contributed by atoms with E-state index in [0.29, 0.717) is 22.8 Å². The molecule has 0 fully saturated rings. The summed E-state index contributed by atoms with van der Waals surface area (Å²) in [6, 6.07) is 43.5. The van der Waals surface area contributed by atoms with Gasteiger partial charge in [0.1, 0.15) is 23.6 Å². The minimum atomic E-state index is -1.09. The van der Waals surface area contributed by atoms with Gasteiger partial charge in [-0.3, -0.25) is 19.2 Å². The summed E-state index contributed by atoms with van der Waals surface area (Å²) in [5.41, 5.74) is 9.99. The van der Waals surface area contributed by atoms with Gasteiger partial charge < -0.3 is 35.6 Å². The minimum absolute atomic E-state index is 0.0352. The molecule has 488 valence electrons. The van der Waals surface area contributed by atoms with Gasteiger partial charge in [0.2, 0.25) is 5.91 Å². The van der Waals surface area contributed by atoms with Crippen molar-refractivity contribution in [2.45, 2.75) is 162 Å². The zero-order valence-electron chi connectivity index (χ0n) is 55.2. The number of unbranched alkanes of at least 4 members (excludes halogenated alkanes) is 8. The van der Waals surface area contributed by atoms with Gasteiger partial charge in [-0.25, -0.2) is 24.7 Å². The molecule has 6 aromatic carbocycles. The van der Waals surface area contributed by atoms with Crippen LogP contribution in [0.5, 0.6) is 11.5 Å². The van der Waals surface area contributed by atoms with E-state index in [1.54, 1.807) is 49.1 Å². The van der Waals surface area contributed by atoms with E-state index in [1.807, 2.05) is 121 Å². The van der Waals surface area contributed by atoms with Crippen molar-refractivity contribution < 1.29 is 43.7 Å². The van der Waals surface area contributed by atoms with Gasteiger partial charge in [0.05, 0.1) is 19.6 Å². The molecule has 2 heterocycles. The fraction of sp³-hybridized carbons (Fsp3) is 0.364. The number of aliphatic carboxylic acids is 2. The summed E-state index contributed by atoms with van der Waals surface area (Å²) in [7, 11) is 0. The van der Waals surface area contributed by atoms with Gasteiger partial charge >= 0.3 is 11.9 Å². The van der Waals surface area contributed by atoms with Crippen LogP contribution >= 0.6 is 0 Å². The number of nitrogens with one attached hydrogen (secondary N) is 3. The highest BCUT2D eigenvalue weighted by Gasteiger charge is 2.25. The molecular formula is C77H91N7O9. The van der Waals surface area contributed by atoms with E-state index >= 15 is 0 Å². The van der Waals surface area contributed by atoms with E-state index < -0.39 is 35.8 Å². The fourth-order valence-electron chi connectivity index (χ4n) is 10.1. The molecule has 0 bridgehead atoms. The Labute approximate surface area is 548 Å². The van der Waals surface area contributed by atoms with Crippen molar-refractivity contribution in [1.82, 2.24) is 35.9 Å². The Hall–Kier alpha value is -9.57. The van der Waals surface area contributed by atoms with Gasteiger partial charge in [-0.05, 0) is 106 Å². The van der Waals surface area contributed by atoms with Crippen molar-refractivity contribution in [3.05, 3.63) is 204 Å². The Kier molecular flexibility index (Phi) is 26.9. The smallest absolute Gasteiger partial charge is 0.326 e. The number of rotatable bonds is 31. The van der Waals surface area contributed by atoms with Crippen molar-refractivity contribution in [3.63, 3.8) is 0 Å². The first-order valence-corrected chi connectivity index (χ1v) is 32.5. The molecule has 8 aromatic rings. The number of amides is 3. The highest BCUT2D eigenvalue weighted by Crippen LogP contribution is 2.28. The predicted molar refractivity (Wildman–Crippen MR) is 367 cm³/mol. The average molecular weight is 1260 g/mol. The Balaban J connectivity index is 0.000000265. The van der Waals surface area contributed by atoms with Crippen LogP contribution in [0.15, 0.2) is 170 Å². The molecule has 0 unspecified atom stereocenters. The molecule has 2 atom stereocenters. The minimum Gasteiger partial charge on any atom is -0.494 e. The maximum absolute atomic E-state index is 13.2. The predicted octanol–water partition coefficient (Wildman–Crippen LogP) is 15.3. The number of benzene rings is 6. The third kappa shape index (κ3) is 22.9. The van der Waals surface area contributed by atoms with Gasteiger partial charge in [0, 0.05) is 77.6 Å². The fourth-order valence-corrected chi connectivity index (χ4v) is 10.1. The third-order valence-electron chi connectivity index (χ3n) is 15.9. The van der Waals surface area contributed by atoms with Crippen molar-refractivity contribution in [2.75, 3.05) is 19.8 Å². The Morgan fingerprint density at radius 3 is 1.14 bits per heavy atom. The van der Waals surface area contributed by atoms with E-state index in [0.717, 1.165) is 93.2 Å². The number of hydrogen-bond acceptors (Lipinski definition) is 11. The topological polar surface area (TPSA) is 232 Å². The second kappa shape index (κ2) is 35.3. The molecule has 93 heavy (non-hydrogen) atoms. The van der Waals surface area contributed by atoms with Crippen LogP contribution in [0.1, 0.15) is 169 Å². The number of carbonyl (C=O) groups excluding carboxylic acids is 3. The summed E-state index contributed by atoms with van der Waals surface area (Å²) in [5, 5.41) is 26.9. The van der Waals surface area contributed by atoms with Crippen LogP contribution < -0.4 is 25.4 Å². The van der Waals surface area contributed by atoms with E-state index in [-0.39, 0.29) is 42.5 Å². The quantitative estimate of drug-likeness (QED) is 0.0255. The van der Waals surface area contributed by atoms with Crippen molar-refractivity contribution in [2.24, 2.45) is 0 Å². The number of carboxylic acids is 2. The SMILES string of the molecule is CCCCCCCOc1ccc(-c2cnc(-c3ccc(C[C@H](NC(=O)c4ccc(C(C)(C)C)cc4)C(=O)NCCC(=O)O)cc3)nc2)cc1.CCCCCCCOc1ccc(-c2cnc(-c3ccc(C[C@H](NC(=O)c4ccc(C(C)(C)C)cc4)C(=O)O)cc3)nc2)cc1. The van der Waals surface area contributed by atoms with E-state index in [2.05, 4.69) is 91.3 Å². The molecule has 16 heteroatoms. The lowest BCUT2D eigenvalue weighted by Crippen LogP contribution is -2.48. The summed E-state index contributed by atoms with van der Waals surface area (Å²) in [6.45, 7) is 18.4. The Bertz CT molecular complexity index is 3620. The zero-order valence-corrected chi connectivity index (χ0v) is 55.2. The van der Waals surface area contributed by atoms with Crippen LogP contribution in [0, 0.1) is 0 Å². The van der Waals surface area contributed by atoms with Crippen LogP contribution in [-0.4, -0.2) is 91.7 Å². The number of nitrogens with zero attached hydrogens (tertiary/aromatic N) is 4. The van der Waals surface area contributed by atoms with Crippen LogP contribution in [0.25, 0.3) is 45.0 Å². The molecule has 0 aliphatic rings. The number of carboxylic acid groups (broad SMARTS) is 2. The molecule has 0 aliphatic heterocycles. The first-order valence-electron chi connectivity index (χ1n) is 32.5. The summed E-state index contributed by atoms with van der Waals surface area (Å²) in [4.78, 5) is 80.2. The first kappa shape index (κ1) is 70.9. The van der Waals surface area contributed by atoms with Crippen molar-refractivity contribution in [3.8, 4) is 56.5 Å². The maximum atomic E-state index is 13.2. The molecule has 0 spiro atoms. The zero-order chi connectivity index (χ0) is 66.8. The number of ether oxygens (including phenoxy) is 2. The molecule has 3 amide bonds. The summed E-state index contributed by atoms with van der Waals surface area (Å²) < 4.78 is 11.8. The lowest BCUT2D eigenvalue weighted by molar-refractivity contribution is -0.139. The Morgan fingerprint density at radius 1 is 0.430 bits per heavy atom. The molecular weight excluding hydrogens is 1170 g/mol. The lowest BCUT2D eigenvalue weighted by atomic mass is 9.86. The summed E-state index contributed by atoms with van der Waals surface area (Å²) in [6.07, 6.45) is 19.4. The van der Waals surface area contributed by atoms with Crippen LogP contribution in [-0.2, 0) is 38.1 Å². The third-order valence-corrected chi connectivity index (χ3v) is 15.9. The molecule has 0 aliphatic carbocycles. The van der Waals surface area contributed by atoms with Gasteiger partial charge in [0.25, 0.3) is 11.8 Å². The number of carbonyl (C=O) groups is 5. The van der Waals surface area contributed by atoms with E-state index in [9.17, 15) is 29.1 Å². The van der Waals surface area contributed by atoms with Crippen LogP contribution in [0.2, 0.25) is 0 Å². The standard InChI is InChI=1S/C40H48N4O5.C37H43N3O4/c1-5-6-7-8-9-24-49-34-20-16-29(17-21-34)32-26-42-37(43-27-32)30-12-10-28(11-13-30)25-35(39(48)41-23-22-36(45)46)44-38(47)31-14-18-33(19-15-31)40(2,3)4;1-5-6-7-8-9-22-44-32-20-16-27(17-21-32)30-24-38-34(39-25-30)28-12-10-26(11-13-28)23-33(36(42)43)40-35(41)29-14-18-31(19-15-29)37(2,3)4/h10-21,26-27,35H,5-9,22-25H2,1-4H3,(H,41,48)(H,44,47)(H,45,46);10-21,24-25,33H,5-9,22-23H2,1-4H3,(H,40,41)(H,42,43)/t35-;33-/m00/s1. The molecule has 8 rings (SSSR count). The Morgan fingerprint density at radius 2 is 0.785 bits per heavy atom. The van der Waals surface area contributed by atoms with Gasteiger partial charge in [-0.1, -0.05) is 204 Å². The van der Waals surface area contributed by atoms with Crippen LogP contribution in [0.4, 0.5) is 0 Å². The largest absolute Gasteiger partial charge is 0.494 e. The molecule has 2 aromatic heterocycles. The van der Waals surface area contributed by atoms with Gasteiger partial charge in [-0.2, -0.15) is 0 Å². The van der Waals surface area contributed by atoms with E-state index in [4.69, 9.17) is 14.6 Å². The highest BCUT2D eigenvalue weighted by atomic mass is 16.5. The van der Waals surface area contributed by atoms with Gasteiger partial charge in [-0.15, -0.1) is 0 Å². The van der Waals surface area contributed by atoms with E-state index in [1.165, 1.54) is 51.4 Å². The second-order valence-corrected chi connectivity index (χ2v) is 25.4. The normalized spacial score (nSPS) is 11.9. The first-order chi connectivity index (χ1) is 44.7.